The van der Waals surface area contributed by atoms with E-state index in [1.54, 1.807) is 6.92 Å². The van der Waals surface area contributed by atoms with Gasteiger partial charge in [0.2, 0.25) is 0 Å². The molecule has 0 atom stereocenters. The Morgan fingerprint density at radius 1 is 2.00 bits per heavy atom. The maximum absolute atomic E-state index is 9.89. The van der Waals surface area contributed by atoms with Gasteiger partial charge in [-0.05, 0) is 19.1 Å². The summed E-state index contributed by atoms with van der Waals surface area (Å²) < 4.78 is 9.89. The van der Waals surface area contributed by atoms with Crippen LogP contribution in [0.1, 0.15) is 6.92 Å². The molecule has 0 fully saturated rings. The van der Waals surface area contributed by atoms with Crippen molar-refractivity contribution >= 4 is 33.5 Å². The molecule has 0 unspecified atom stereocenters. The number of aliphatic imine (C=N–C) groups is 1. The Hall–Kier alpha value is -0.310. The number of hydrogen-bond acceptors (Lipinski definition) is 3. The summed E-state index contributed by atoms with van der Waals surface area (Å²) in [7, 11) is 0. The zero-order valence-corrected chi connectivity index (χ0v) is 6.01. The summed E-state index contributed by atoms with van der Waals surface area (Å²) >= 11 is 4.73. The highest BCUT2D eigenvalue weighted by atomic mass is 32.1. The van der Waals surface area contributed by atoms with E-state index in [0.717, 1.165) is 0 Å². The molecule has 44 valence electrons. The Morgan fingerprint density at radius 3 is 3.00 bits per heavy atom. The number of isothiocyanates is 1. The minimum atomic E-state index is 0.400. The van der Waals surface area contributed by atoms with Crippen molar-refractivity contribution in [3.05, 3.63) is 0 Å². The van der Waals surface area contributed by atoms with E-state index in [2.05, 4.69) is 22.4 Å². The van der Waals surface area contributed by atoms with Gasteiger partial charge in [0.25, 0.3) is 0 Å². The first kappa shape index (κ1) is 7.69. The monoisotopic (exact) mass is 147 g/mol. The Kier molecular flexibility index (Phi) is 4.65. The predicted octanol–water partition coefficient (Wildman–Crippen LogP) is 0.494. The molecule has 0 saturated heterocycles. The van der Waals surface area contributed by atoms with Crippen LogP contribution >= 0.6 is 12.2 Å². The molecule has 0 radical (unpaired) electrons. The molecule has 2 nitrogen and oxygen atoms in total. The summed E-state index contributed by atoms with van der Waals surface area (Å²) in [6, 6.07) is 0. The fourth-order valence-corrected chi connectivity index (χ4v) is 0.352. The molecule has 0 spiro atoms. The quantitative estimate of drug-likeness (QED) is 0.420. The van der Waals surface area contributed by atoms with E-state index in [4.69, 9.17) is 0 Å². The summed E-state index contributed by atoms with van der Waals surface area (Å²) in [6.45, 7) is 2.12. The maximum Gasteiger partial charge on any atom is 0.0893 e. The molecule has 0 aliphatic rings. The average Bonchev–Trinajstić information content (AvgIpc) is 1.83. The normalized spacial score (nSPS) is 7.12. The first-order valence-corrected chi connectivity index (χ1v) is 3.12. The molecule has 0 bridgehead atoms. The lowest BCUT2D eigenvalue weighted by atomic mass is 10.5. The zero-order valence-electron chi connectivity index (χ0n) is 4.38. The highest BCUT2D eigenvalue weighted by Gasteiger charge is 1.81. The molecule has 0 rings (SSSR count). The van der Waals surface area contributed by atoms with Crippen molar-refractivity contribution < 1.29 is 4.21 Å². The molecule has 8 heavy (non-hydrogen) atoms. The van der Waals surface area contributed by atoms with Gasteiger partial charge in [-0.25, -0.2) is 9.20 Å². The van der Waals surface area contributed by atoms with Gasteiger partial charge in [0.1, 0.15) is 0 Å². The molecular weight excluding hydrogens is 142 g/mol. The van der Waals surface area contributed by atoms with Crippen molar-refractivity contribution in [2.75, 3.05) is 6.54 Å². The summed E-state index contributed by atoms with van der Waals surface area (Å²) in [6.07, 6.45) is 0. The third-order valence-corrected chi connectivity index (χ3v) is 1.05. The molecule has 0 aromatic rings. The molecular formula is C4H5NOS2. The number of nitrogens with zero attached hydrogens (tertiary/aromatic N) is 1. The van der Waals surface area contributed by atoms with E-state index >= 15 is 0 Å². The zero-order chi connectivity index (χ0) is 6.41. The first-order chi connectivity index (χ1) is 3.81. The topological polar surface area (TPSA) is 29.4 Å². The van der Waals surface area contributed by atoms with Crippen LogP contribution in [0.4, 0.5) is 0 Å². The van der Waals surface area contributed by atoms with Gasteiger partial charge in [0, 0.05) is 4.86 Å². The summed E-state index contributed by atoms with van der Waals surface area (Å²) in [5, 5.41) is 2.17. The van der Waals surface area contributed by atoms with Crippen LogP contribution in [0.2, 0.25) is 0 Å². The van der Waals surface area contributed by atoms with Crippen LogP contribution in [0.3, 0.4) is 0 Å². The molecule has 0 aliphatic carbocycles. The van der Waals surface area contributed by atoms with Crippen LogP contribution in [0.25, 0.3) is 0 Å². The Bertz CT molecular complexity index is 165. The lowest BCUT2D eigenvalue weighted by molar-refractivity contribution is 0.700. The van der Waals surface area contributed by atoms with Crippen molar-refractivity contribution in [2.45, 2.75) is 6.92 Å². The van der Waals surface area contributed by atoms with Crippen molar-refractivity contribution in [3.63, 3.8) is 0 Å². The van der Waals surface area contributed by atoms with E-state index < -0.39 is 0 Å². The van der Waals surface area contributed by atoms with Crippen molar-refractivity contribution in [1.29, 1.82) is 0 Å². The highest BCUT2D eigenvalue weighted by molar-refractivity contribution is 7.78. The molecule has 0 N–H and O–H groups in total. The smallest absolute Gasteiger partial charge is 0.0893 e. The van der Waals surface area contributed by atoms with Crippen LogP contribution in [0, 0.1) is 0 Å². The van der Waals surface area contributed by atoms with Gasteiger partial charge in [-0.2, -0.15) is 0 Å². The highest BCUT2D eigenvalue weighted by Crippen LogP contribution is 1.69. The Morgan fingerprint density at radius 2 is 2.62 bits per heavy atom. The molecule has 0 heterocycles. The Labute approximate surface area is 56.7 Å². The van der Waals surface area contributed by atoms with Crippen molar-refractivity contribution in [2.24, 2.45) is 4.99 Å². The van der Waals surface area contributed by atoms with Gasteiger partial charge in [-0.15, -0.1) is 0 Å². The van der Waals surface area contributed by atoms with Crippen molar-refractivity contribution in [1.82, 2.24) is 0 Å². The molecule has 0 saturated carbocycles. The van der Waals surface area contributed by atoms with Crippen LogP contribution in [0.5, 0.6) is 0 Å². The maximum atomic E-state index is 9.89. The fourth-order valence-electron chi connectivity index (χ4n) is 0.170. The van der Waals surface area contributed by atoms with Crippen LogP contribution < -0.4 is 0 Å². The molecule has 0 amide bonds. The second kappa shape index (κ2) is 4.84. The van der Waals surface area contributed by atoms with E-state index in [-0.39, 0.29) is 0 Å². The summed E-state index contributed by atoms with van der Waals surface area (Å²) in [5.74, 6) is 0. The molecule has 0 aromatic heterocycles. The second-order valence-electron chi connectivity index (χ2n) is 1.19. The van der Waals surface area contributed by atoms with Gasteiger partial charge >= 0.3 is 0 Å². The minimum absolute atomic E-state index is 0.400. The average molecular weight is 147 g/mol. The fraction of sp³-hybridized carbons (Fsp3) is 0.500. The lowest BCUT2D eigenvalue weighted by Gasteiger charge is -1.79. The minimum Gasteiger partial charge on any atom is -0.227 e. The van der Waals surface area contributed by atoms with Gasteiger partial charge in [0.15, 0.2) is 0 Å². The lowest BCUT2D eigenvalue weighted by Crippen LogP contribution is -1.93. The summed E-state index contributed by atoms with van der Waals surface area (Å²) in [5.41, 5.74) is 0. The molecule has 0 aromatic carbocycles. The van der Waals surface area contributed by atoms with Crippen LogP contribution in [0.15, 0.2) is 4.99 Å². The van der Waals surface area contributed by atoms with Gasteiger partial charge in [-0.1, -0.05) is 0 Å². The predicted molar refractivity (Wildman–Crippen MR) is 38.7 cm³/mol. The summed E-state index contributed by atoms with van der Waals surface area (Å²) in [4.78, 5) is 4.26. The van der Waals surface area contributed by atoms with Gasteiger partial charge < -0.3 is 0 Å². The van der Waals surface area contributed by atoms with E-state index in [1.807, 2.05) is 0 Å². The molecule has 0 aliphatic heterocycles. The Balaban J connectivity index is 3.73. The third-order valence-electron chi connectivity index (χ3n) is 0.509. The number of hydrogen-bond donors (Lipinski definition) is 0. The number of rotatable bonds is 2. The van der Waals surface area contributed by atoms with Gasteiger partial charge in [-0.3, -0.25) is 0 Å². The molecule has 4 heteroatoms. The SMILES string of the molecule is CC(CN=C=S)=S=O. The van der Waals surface area contributed by atoms with Crippen LogP contribution in [-0.4, -0.2) is 20.8 Å². The second-order valence-corrected chi connectivity index (χ2v) is 2.24. The van der Waals surface area contributed by atoms with E-state index in [0.29, 0.717) is 22.7 Å². The number of thiocarbonyl (C=S) groups is 1. The van der Waals surface area contributed by atoms with Gasteiger partial charge in [0.05, 0.1) is 23.0 Å². The van der Waals surface area contributed by atoms with E-state index in [1.165, 1.54) is 0 Å². The largest absolute Gasteiger partial charge is 0.227 e. The van der Waals surface area contributed by atoms with E-state index in [9.17, 15) is 4.21 Å². The third kappa shape index (κ3) is 3.87. The first-order valence-electron chi connectivity index (χ1n) is 1.97. The van der Waals surface area contributed by atoms with Crippen molar-refractivity contribution in [3.8, 4) is 0 Å². The standard InChI is InChI=1S/C4H5NOS2/c1-4(8-6)2-5-3-7/h2H2,1H3. The van der Waals surface area contributed by atoms with Crippen LogP contribution in [-0.2, 0) is 11.3 Å².